The van der Waals surface area contributed by atoms with E-state index in [0.717, 1.165) is 75.7 Å². The number of piperidine rings is 1. The zero-order valence-corrected chi connectivity index (χ0v) is 22.1. The average molecular weight is 508 g/mol. The highest BCUT2D eigenvalue weighted by Crippen LogP contribution is 2.38. The zero-order chi connectivity index (χ0) is 25.6. The largest absolute Gasteiger partial charge is 0.453 e. The topological polar surface area (TPSA) is 65.8 Å². The van der Waals surface area contributed by atoms with Gasteiger partial charge in [0.2, 0.25) is 0 Å². The van der Waals surface area contributed by atoms with Gasteiger partial charge < -0.3 is 19.1 Å². The van der Waals surface area contributed by atoms with E-state index in [1.54, 1.807) is 0 Å². The van der Waals surface area contributed by atoms with Gasteiger partial charge in [-0.05, 0) is 69.3 Å². The van der Waals surface area contributed by atoms with E-state index in [0.29, 0.717) is 19.1 Å². The van der Waals surface area contributed by atoms with Gasteiger partial charge in [-0.2, -0.15) is 5.10 Å². The third-order valence-electron chi connectivity index (χ3n) is 8.45. The van der Waals surface area contributed by atoms with Crippen LogP contribution in [0, 0.1) is 0 Å². The Morgan fingerprint density at radius 2 is 1.92 bits per heavy atom. The summed E-state index contributed by atoms with van der Waals surface area (Å²) in [7, 11) is 1.46. The molecule has 1 aliphatic carbocycles. The molecule has 3 fully saturated rings. The predicted molar refractivity (Wildman–Crippen MR) is 143 cm³/mol. The maximum atomic E-state index is 12.8. The summed E-state index contributed by atoms with van der Waals surface area (Å²) in [4.78, 5) is 14.6. The van der Waals surface area contributed by atoms with Crippen molar-refractivity contribution in [2.24, 2.45) is 0 Å². The molecule has 1 aromatic carbocycles. The van der Waals surface area contributed by atoms with E-state index in [-0.39, 0.29) is 30.4 Å². The Hall–Kier alpha value is -2.64. The number of hydrogen-bond acceptors (Lipinski definition) is 5. The van der Waals surface area contributed by atoms with E-state index in [2.05, 4.69) is 43.1 Å². The maximum Gasteiger partial charge on any atom is 0.409 e. The Morgan fingerprint density at radius 1 is 1.11 bits per heavy atom. The second-order valence-corrected chi connectivity index (χ2v) is 10.7. The van der Waals surface area contributed by atoms with Gasteiger partial charge in [0, 0.05) is 30.8 Å². The van der Waals surface area contributed by atoms with Gasteiger partial charge in [-0.3, -0.25) is 0 Å². The van der Waals surface area contributed by atoms with Gasteiger partial charge in [-0.1, -0.05) is 43.0 Å². The maximum absolute atomic E-state index is 12.8. The monoisotopic (exact) mass is 507 g/mol. The highest BCUT2D eigenvalue weighted by Gasteiger charge is 2.39. The van der Waals surface area contributed by atoms with Gasteiger partial charge in [-0.15, -0.1) is 0 Å². The van der Waals surface area contributed by atoms with Gasteiger partial charge >= 0.3 is 6.09 Å². The summed E-state index contributed by atoms with van der Waals surface area (Å²) < 4.78 is 19.7. The van der Waals surface area contributed by atoms with E-state index < -0.39 is 0 Å². The fraction of sp³-hybridized carbons (Fsp3) is 0.600. The molecule has 2 saturated heterocycles. The number of methoxy groups -OCH3 is 1. The summed E-state index contributed by atoms with van der Waals surface area (Å²) in [5, 5.41) is 5.02. The van der Waals surface area contributed by atoms with Crippen LogP contribution in [0.1, 0.15) is 92.7 Å². The van der Waals surface area contributed by atoms with Crippen LogP contribution in [0.2, 0.25) is 0 Å². The Kier molecular flexibility index (Phi) is 8.62. The molecule has 3 atom stereocenters. The molecular formula is C30H41N3O4. The Balaban J connectivity index is 1.30. The molecule has 1 aromatic heterocycles. The minimum absolute atomic E-state index is 0.0315. The number of benzene rings is 1. The normalized spacial score (nSPS) is 28.6. The smallest absolute Gasteiger partial charge is 0.409 e. The van der Waals surface area contributed by atoms with E-state index in [1.165, 1.54) is 12.7 Å². The first-order chi connectivity index (χ1) is 18.2. The van der Waals surface area contributed by atoms with Crippen LogP contribution in [0.25, 0.3) is 6.08 Å². The number of likely N-dealkylation sites (tertiary alicyclic amines) is 1. The van der Waals surface area contributed by atoms with Crippen LogP contribution in [0.4, 0.5) is 4.79 Å². The highest BCUT2D eigenvalue weighted by molar-refractivity contribution is 5.68. The molecule has 2 aromatic rings. The summed E-state index contributed by atoms with van der Waals surface area (Å²) in [6, 6.07) is 10.7. The number of carbonyl (C=O) groups is 1. The standard InChI is InChI=1S/C30H41N3O4/c1-3-22-20-33(28-13-7-8-19-36-28)31-29(22)26-12-9-18-32(30(34)35-2)27(26)21-37-25-16-14-24(15-17-25)23-10-5-4-6-11-23/h3-6,10-11,20,24-28H,1,7-9,12-19,21H2,2H3/t24-,25+,26-,27-,28?/m0/s1. The van der Waals surface area contributed by atoms with Gasteiger partial charge in [-0.25, -0.2) is 9.48 Å². The van der Waals surface area contributed by atoms with Crippen LogP contribution in [0.15, 0.2) is 43.1 Å². The van der Waals surface area contributed by atoms with Crippen molar-refractivity contribution >= 4 is 12.2 Å². The van der Waals surface area contributed by atoms with Crippen molar-refractivity contribution in [2.45, 2.75) is 88.0 Å². The summed E-state index contributed by atoms with van der Waals surface area (Å²) >= 11 is 0. The van der Waals surface area contributed by atoms with Gasteiger partial charge in [0.25, 0.3) is 0 Å². The number of carbonyl (C=O) groups excluding carboxylic acids is 1. The summed E-state index contributed by atoms with van der Waals surface area (Å²) in [5.41, 5.74) is 3.43. The number of hydrogen-bond donors (Lipinski definition) is 0. The van der Waals surface area contributed by atoms with Crippen molar-refractivity contribution in [3.05, 3.63) is 59.9 Å². The lowest BCUT2D eigenvalue weighted by molar-refractivity contribution is -0.0405. The lowest BCUT2D eigenvalue weighted by Crippen LogP contribution is -2.50. The zero-order valence-electron chi connectivity index (χ0n) is 22.1. The number of nitrogens with zero attached hydrogens (tertiary/aromatic N) is 3. The molecule has 1 unspecified atom stereocenters. The summed E-state index contributed by atoms with van der Waals surface area (Å²) in [5.74, 6) is 0.669. The van der Waals surface area contributed by atoms with E-state index in [9.17, 15) is 4.79 Å². The van der Waals surface area contributed by atoms with E-state index in [1.807, 2.05) is 15.7 Å². The predicted octanol–water partition coefficient (Wildman–Crippen LogP) is 6.28. The second-order valence-electron chi connectivity index (χ2n) is 10.7. The number of rotatable bonds is 7. The molecule has 0 radical (unpaired) electrons. The van der Waals surface area contributed by atoms with Crippen molar-refractivity contribution in [1.82, 2.24) is 14.7 Å². The highest BCUT2D eigenvalue weighted by atomic mass is 16.5. The molecule has 7 heteroatoms. The number of ether oxygens (including phenoxy) is 3. The molecule has 1 amide bonds. The molecule has 0 spiro atoms. The molecular weight excluding hydrogens is 466 g/mol. The fourth-order valence-electron chi connectivity index (χ4n) is 6.39. The van der Waals surface area contributed by atoms with Crippen molar-refractivity contribution in [3.8, 4) is 0 Å². The van der Waals surface area contributed by atoms with Crippen LogP contribution in [0.5, 0.6) is 0 Å². The minimum Gasteiger partial charge on any atom is -0.453 e. The Morgan fingerprint density at radius 3 is 2.62 bits per heavy atom. The lowest BCUT2D eigenvalue weighted by atomic mass is 9.82. The Labute approximate surface area is 220 Å². The molecule has 1 saturated carbocycles. The van der Waals surface area contributed by atoms with Gasteiger partial charge in [0.15, 0.2) is 0 Å². The molecule has 3 heterocycles. The average Bonchev–Trinajstić information content (AvgIpc) is 3.41. The van der Waals surface area contributed by atoms with Crippen molar-refractivity contribution < 1.29 is 19.0 Å². The molecule has 5 rings (SSSR count). The van der Waals surface area contributed by atoms with Crippen LogP contribution >= 0.6 is 0 Å². The van der Waals surface area contributed by atoms with Crippen LogP contribution in [0.3, 0.4) is 0 Å². The quantitative estimate of drug-likeness (QED) is 0.441. The lowest BCUT2D eigenvalue weighted by Gasteiger charge is -2.41. The molecule has 0 N–H and O–H groups in total. The third kappa shape index (κ3) is 5.93. The van der Waals surface area contributed by atoms with Crippen molar-refractivity contribution in [3.63, 3.8) is 0 Å². The molecule has 7 nitrogen and oxygen atoms in total. The van der Waals surface area contributed by atoms with Crippen LogP contribution in [-0.2, 0) is 14.2 Å². The third-order valence-corrected chi connectivity index (χ3v) is 8.45. The van der Waals surface area contributed by atoms with Crippen molar-refractivity contribution in [1.29, 1.82) is 0 Å². The molecule has 0 bridgehead atoms. The van der Waals surface area contributed by atoms with E-state index >= 15 is 0 Å². The van der Waals surface area contributed by atoms with Gasteiger partial charge in [0.05, 0.1) is 31.6 Å². The first-order valence-electron chi connectivity index (χ1n) is 14.0. The summed E-state index contributed by atoms with van der Waals surface area (Å²) in [6.45, 7) is 6.00. The molecule has 200 valence electrons. The minimum atomic E-state index is -0.290. The SMILES string of the molecule is C=Cc1cn(C2CCCCO2)nc1[C@H]1CCCN(C(=O)OC)[C@H]1CO[C@H]1CC[C@@H](c2ccccc2)CC1. The fourth-order valence-corrected chi connectivity index (χ4v) is 6.39. The van der Waals surface area contributed by atoms with Gasteiger partial charge in [0.1, 0.15) is 6.23 Å². The molecule has 2 aliphatic heterocycles. The van der Waals surface area contributed by atoms with Crippen molar-refractivity contribution in [2.75, 3.05) is 26.9 Å². The molecule has 3 aliphatic rings. The van der Waals surface area contributed by atoms with E-state index in [4.69, 9.17) is 19.3 Å². The summed E-state index contributed by atoms with van der Waals surface area (Å²) in [6.07, 6.45) is 13.2. The van der Waals surface area contributed by atoms with Crippen LogP contribution in [-0.4, -0.2) is 59.8 Å². The molecule has 37 heavy (non-hydrogen) atoms. The first kappa shape index (κ1) is 26.0. The number of amides is 1. The second kappa shape index (κ2) is 12.3. The number of aromatic nitrogens is 2. The van der Waals surface area contributed by atoms with Crippen LogP contribution < -0.4 is 0 Å². The Bertz CT molecular complexity index is 1020. The first-order valence-corrected chi connectivity index (χ1v) is 14.0.